The van der Waals surface area contributed by atoms with Crippen LogP contribution in [0.3, 0.4) is 0 Å². The third kappa shape index (κ3) is 4.01. The molecule has 0 fully saturated rings. The minimum atomic E-state index is 1.15. The van der Waals surface area contributed by atoms with Crippen LogP contribution in [0.25, 0.3) is 0 Å². The summed E-state index contributed by atoms with van der Waals surface area (Å²) in [6, 6.07) is 0. The quantitative estimate of drug-likeness (QED) is 0.506. The average Bonchev–Trinajstić information content (AvgIpc) is 1.88. The number of allylic oxidation sites excluding steroid dienone is 4. The van der Waals surface area contributed by atoms with Crippen molar-refractivity contribution in [3.8, 4) is 0 Å². The Bertz CT molecular complexity index is 107. The monoisotopic (exact) mass is 124 g/mol. The van der Waals surface area contributed by atoms with Crippen molar-refractivity contribution in [1.82, 2.24) is 0 Å². The molecule has 0 atom stereocenters. The molecule has 0 aromatic rings. The molecule has 0 saturated heterocycles. The SMILES string of the molecule is CC=CC(=CCC)CC. The van der Waals surface area contributed by atoms with E-state index in [0.717, 1.165) is 12.8 Å². The fraction of sp³-hybridized carbons (Fsp3) is 0.556. The van der Waals surface area contributed by atoms with E-state index in [2.05, 4.69) is 39.0 Å². The van der Waals surface area contributed by atoms with Crippen LogP contribution in [0, 0.1) is 0 Å². The van der Waals surface area contributed by atoms with Crippen molar-refractivity contribution in [3.05, 3.63) is 23.8 Å². The largest absolute Gasteiger partial charge is 0.0874 e. The van der Waals surface area contributed by atoms with Crippen LogP contribution >= 0.6 is 0 Å². The van der Waals surface area contributed by atoms with E-state index in [-0.39, 0.29) is 0 Å². The van der Waals surface area contributed by atoms with Gasteiger partial charge in [0.05, 0.1) is 0 Å². The first-order valence-electron chi connectivity index (χ1n) is 3.66. The summed E-state index contributed by atoms with van der Waals surface area (Å²) in [4.78, 5) is 0. The molecule has 0 aliphatic rings. The summed E-state index contributed by atoms with van der Waals surface area (Å²) < 4.78 is 0. The van der Waals surface area contributed by atoms with Gasteiger partial charge in [-0.2, -0.15) is 0 Å². The molecule has 0 nitrogen and oxygen atoms in total. The molecule has 0 aliphatic carbocycles. The molecular weight excluding hydrogens is 108 g/mol. The highest BCUT2D eigenvalue weighted by Gasteiger charge is 1.82. The van der Waals surface area contributed by atoms with Crippen LogP contribution < -0.4 is 0 Å². The second-order valence-electron chi connectivity index (χ2n) is 2.04. The molecule has 9 heavy (non-hydrogen) atoms. The minimum absolute atomic E-state index is 1.15. The zero-order chi connectivity index (χ0) is 7.11. The van der Waals surface area contributed by atoms with Gasteiger partial charge in [-0.3, -0.25) is 0 Å². The number of rotatable bonds is 3. The van der Waals surface area contributed by atoms with E-state index in [1.807, 2.05) is 0 Å². The van der Waals surface area contributed by atoms with Gasteiger partial charge < -0.3 is 0 Å². The van der Waals surface area contributed by atoms with E-state index in [1.54, 1.807) is 0 Å². The maximum Gasteiger partial charge on any atom is -0.0311 e. The lowest BCUT2D eigenvalue weighted by Gasteiger charge is -1.92. The number of hydrogen-bond acceptors (Lipinski definition) is 0. The zero-order valence-corrected chi connectivity index (χ0v) is 6.65. The van der Waals surface area contributed by atoms with Gasteiger partial charge >= 0.3 is 0 Å². The van der Waals surface area contributed by atoms with Gasteiger partial charge in [0.2, 0.25) is 0 Å². The van der Waals surface area contributed by atoms with Crippen molar-refractivity contribution < 1.29 is 0 Å². The van der Waals surface area contributed by atoms with Gasteiger partial charge in [-0.1, -0.05) is 37.6 Å². The molecule has 52 valence electrons. The second-order valence-corrected chi connectivity index (χ2v) is 2.04. The molecule has 0 heterocycles. The molecule has 0 spiro atoms. The molecule has 0 unspecified atom stereocenters. The molecule has 0 aliphatic heterocycles. The van der Waals surface area contributed by atoms with Gasteiger partial charge in [0.15, 0.2) is 0 Å². The lowest BCUT2D eigenvalue weighted by Crippen LogP contribution is -1.72. The van der Waals surface area contributed by atoms with E-state index < -0.39 is 0 Å². The Morgan fingerprint density at radius 1 is 1.33 bits per heavy atom. The van der Waals surface area contributed by atoms with Gasteiger partial charge in [-0.05, 0) is 19.8 Å². The summed E-state index contributed by atoms with van der Waals surface area (Å²) in [5.41, 5.74) is 1.44. The molecule has 0 N–H and O–H groups in total. The summed E-state index contributed by atoms with van der Waals surface area (Å²) in [6.45, 7) is 6.40. The summed E-state index contributed by atoms with van der Waals surface area (Å²) >= 11 is 0. The van der Waals surface area contributed by atoms with Crippen LogP contribution in [0.2, 0.25) is 0 Å². The molecule has 0 aromatic carbocycles. The molecule has 0 rings (SSSR count). The summed E-state index contributed by atoms with van der Waals surface area (Å²) in [5, 5.41) is 0. The Morgan fingerprint density at radius 3 is 2.33 bits per heavy atom. The molecule has 0 aromatic heterocycles. The van der Waals surface area contributed by atoms with Gasteiger partial charge in [0, 0.05) is 0 Å². The zero-order valence-electron chi connectivity index (χ0n) is 6.65. The lowest BCUT2D eigenvalue weighted by molar-refractivity contribution is 1.10. The molecule has 0 radical (unpaired) electrons. The van der Waals surface area contributed by atoms with Gasteiger partial charge in [-0.25, -0.2) is 0 Å². The topological polar surface area (TPSA) is 0 Å². The Labute approximate surface area is 58.3 Å². The number of hydrogen-bond donors (Lipinski definition) is 0. The van der Waals surface area contributed by atoms with Crippen molar-refractivity contribution in [1.29, 1.82) is 0 Å². The van der Waals surface area contributed by atoms with Crippen molar-refractivity contribution in [2.45, 2.75) is 33.6 Å². The maximum absolute atomic E-state index is 2.26. The predicted octanol–water partition coefficient (Wildman–Crippen LogP) is 3.31. The third-order valence-corrected chi connectivity index (χ3v) is 1.26. The Morgan fingerprint density at radius 2 is 2.00 bits per heavy atom. The van der Waals surface area contributed by atoms with E-state index in [4.69, 9.17) is 0 Å². The summed E-state index contributed by atoms with van der Waals surface area (Å²) in [5.74, 6) is 0. The van der Waals surface area contributed by atoms with Crippen molar-refractivity contribution >= 4 is 0 Å². The lowest BCUT2D eigenvalue weighted by atomic mass is 10.1. The highest BCUT2D eigenvalue weighted by molar-refractivity contribution is 5.16. The Balaban J connectivity index is 3.81. The van der Waals surface area contributed by atoms with Gasteiger partial charge in [-0.15, -0.1) is 0 Å². The predicted molar refractivity (Wildman–Crippen MR) is 43.5 cm³/mol. The first kappa shape index (κ1) is 8.48. The first-order valence-corrected chi connectivity index (χ1v) is 3.66. The summed E-state index contributed by atoms with van der Waals surface area (Å²) in [6.07, 6.45) is 8.82. The van der Waals surface area contributed by atoms with Crippen molar-refractivity contribution in [2.24, 2.45) is 0 Å². The van der Waals surface area contributed by atoms with E-state index >= 15 is 0 Å². The fourth-order valence-corrected chi connectivity index (χ4v) is 0.806. The average molecular weight is 124 g/mol. The maximum atomic E-state index is 2.26. The first-order chi connectivity index (χ1) is 4.35. The molecule has 0 amide bonds. The Hall–Kier alpha value is -0.520. The van der Waals surface area contributed by atoms with Crippen molar-refractivity contribution in [3.63, 3.8) is 0 Å². The fourth-order valence-electron chi connectivity index (χ4n) is 0.806. The smallest absolute Gasteiger partial charge is 0.0311 e. The Kier molecular flexibility index (Phi) is 5.29. The van der Waals surface area contributed by atoms with E-state index in [0.29, 0.717) is 0 Å². The molecule has 0 bridgehead atoms. The molecule has 0 heteroatoms. The minimum Gasteiger partial charge on any atom is -0.0874 e. The van der Waals surface area contributed by atoms with Crippen LogP contribution in [-0.2, 0) is 0 Å². The third-order valence-electron chi connectivity index (χ3n) is 1.26. The van der Waals surface area contributed by atoms with Crippen LogP contribution in [0.4, 0.5) is 0 Å². The van der Waals surface area contributed by atoms with Crippen LogP contribution in [0.1, 0.15) is 33.6 Å². The van der Waals surface area contributed by atoms with Crippen molar-refractivity contribution in [2.75, 3.05) is 0 Å². The van der Waals surface area contributed by atoms with Gasteiger partial charge in [0.25, 0.3) is 0 Å². The highest BCUT2D eigenvalue weighted by Crippen LogP contribution is 2.02. The van der Waals surface area contributed by atoms with Gasteiger partial charge in [0.1, 0.15) is 0 Å². The van der Waals surface area contributed by atoms with Crippen LogP contribution in [0.5, 0.6) is 0 Å². The summed E-state index contributed by atoms with van der Waals surface area (Å²) in [7, 11) is 0. The molecular formula is C9H16. The molecule has 0 saturated carbocycles. The van der Waals surface area contributed by atoms with Crippen LogP contribution in [-0.4, -0.2) is 0 Å². The van der Waals surface area contributed by atoms with E-state index in [1.165, 1.54) is 5.57 Å². The van der Waals surface area contributed by atoms with Crippen LogP contribution in [0.15, 0.2) is 23.8 Å². The standard InChI is InChI=1S/C9H16/c1-4-7-9(6-3)8-5-2/h4,7-8H,5-6H2,1-3H3. The normalized spacial score (nSPS) is 13.0. The van der Waals surface area contributed by atoms with E-state index in [9.17, 15) is 0 Å². The highest BCUT2D eigenvalue weighted by atomic mass is 13.9. The second kappa shape index (κ2) is 5.61.